The fourth-order valence-corrected chi connectivity index (χ4v) is 3.31. The fraction of sp³-hybridized carbons (Fsp3) is 0.391. The van der Waals surface area contributed by atoms with Gasteiger partial charge in [0.1, 0.15) is 5.83 Å². The number of rotatable bonds is 7. The zero-order chi connectivity index (χ0) is 20.6. The molecule has 0 amide bonds. The van der Waals surface area contributed by atoms with Crippen LogP contribution >= 0.6 is 0 Å². The van der Waals surface area contributed by atoms with Gasteiger partial charge in [-0.25, -0.2) is 4.39 Å². The first-order valence-corrected chi connectivity index (χ1v) is 10.2. The molecule has 0 atom stereocenters. The van der Waals surface area contributed by atoms with Crippen molar-refractivity contribution in [1.29, 1.82) is 0 Å². The molecule has 0 aliphatic carbocycles. The van der Waals surface area contributed by atoms with E-state index in [0.717, 1.165) is 59.7 Å². The van der Waals surface area contributed by atoms with Crippen molar-refractivity contribution in [2.45, 2.75) is 33.7 Å². The number of fused-ring (bicyclic) bond motifs is 1. The van der Waals surface area contributed by atoms with Gasteiger partial charge in [0.25, 0.3) is 0 Å². The third-order valence-electron chi connectivity index (χ3n) is 5.24. The molecule has 2 heterocycles. The van der Waals surface area contributed by atoms with Crippen LogP contribution in [0.15, 0.2) is 65.5 Å². The number of nitrogens with zero attached hydrogens (tertiary/aromatic N) is 3. The van der Waals surface area contributed by atoms with E-state index in [1.165, 1.54) is 0 Å². The molecule has 1 saturated heterocycles. The van der Waals surface area contributed by atoms with Gasteiger partial charge in [0.05, 0.1) is 22.4 Å². The highest BCUT2D eigenvalue weighted by molar-refractivity contribution is 5.74. The third-order valence-corrected chi connectivity index (χ3v) is 5.24. The van der Waals surface area contributed by atoms with Gasteiger partial charge < -0.3 is 15.5 Å². The van der Waals surface area contributed by atoms with E-state index in [1.54, 1.807) is 18.5 Å². The topological polar surface area (TPSA) is 53.1 Å². The summed E-state index contributed by atoms with van der Waals surface area (Å²) in [6.45, 7) is 9.95. The third kappa shape index (κ3) is 5.41. The summed E-state index contributed by atoms with van der Waals surface area (Å²) in [5.41, 5.74) is 5.47. The molecule has 1 aliphatic rings. The van der Waals surface area contributed by atoms with Crippen molar-refractivity contribution in [3.05, 3.63) is 71.1 Å². The maximum absolute atomic E-state index is 14.7. The van der Waals surface area contributed by atoms with Gasteiger partial charge >= 0.3 is 0 Å². The number of hydrogen-bond donors (Lipinski definition) is 2. The first-order valence-electron chi connectivity index (χ1n) is 10.2. The standard InChI is InChI=1S/C23H30FN5/c1-4-17(3)19(24)15-23(29-12-10-25-11-13-29)20(5-2)28-16-18-6-7-21-22(14-18)27-9-8-26-21/h5-9,14-15,25,28H,4,10-13,16H2,1-3H3/b19-17-,20-5+,23-15+. The number of nitrogens with one attached hydrogen (secondary N) is 2. The Morgan fingerprint density at radius 3 is 2.62 bits per heavy atom. The Kier molecular flexibility index (Phi) is 7.36. The second-order valence-electron chi connectivity index (χ2n) is 7.18. The Balaban J connectivity index is 1.83. The lowest BCUT2D eigenvalue weighted by atomic mass is 10.1. The quantitative estimate of drug-likeness (QED) is 0.693. The van der Waals surface area contributed by atoms with E-state index < -0.39 is 0 Å². The van der Waals surface area contributed by atoms with Crippen LogP contribution in [0.1, 0.15) is 32.8 Å². The van der Waals surface area contributed by atoms with Crippen molar-refractivity contribution in [1.82, 2.24) is 25.5 Å². The van der Waals surface area contributed by atoms with Crippen molar-refractivity contribution in [3.8, 4) is 0 Å². The predicted octanol–water partition coefficient (Wildman–Crippen LogP) is 4.07. The molecule has 2 aromatic rings. The Morgan fingerprint density at radius 1 is 1.21 bits per heavy atom. The van der Waals surface area contributed by atoms with Crippen molar-refractivity contribution in [2.75, 3.05) is 26.2 Å². The summed E-state index contributed by atoms with van der Waals surface area (Å²) in [6.07, 6.45) is 7.80. The summed E-state index contributed by atoms with van der Waals surface area (Å²) in [5, 5.41) is 6.86. The largest absolute Gasteiger partial charge is 0.380 e. The first kappa shape index (κ1) is 21.0. The van der Waals surface area contributed by atoms with Gasteiger partial charge in [-0.05, 0) is 49.6 Å². The highest BCUT2D eigenvalue weighted by atomic mass is 19.1. The van der Waals surface area contributed by atoms with Crippen LogP contribution in [0.25, 0.3) is 11.0 Å². The molecule has 1 fully saturated rings. The van der Waals surface area contributed by atoms with Gasteiger partial charge in [-0.15, -0.1) is 0 Å². The van der Waals surface area contributed by atoms with E-state index in [9.17, 15) is 4.39 Å². The van der Waals surface area contributed by atoms with Crippen LogP contribution < -0.4 is 10.6 Å². The second-order valence-corrected chi connectivity index (χ2v) is 7.18. The molecule has 154 valence electrons. The molecule has 0 unspecified atom stereocenters. The van der Waals surface area contributed by atoms with Crippen molar-refractivity contribution in [2.24, 2.45) is 0 Å². The predicted molar refractivity (Wildman–Crippen MR) is 117 cm³/mol. The molecule has 0 spiro atoms. The Morgan fingerprint density at radius 2 is 1.93 bits per heavy atom. The lowest BCUT2D eigenvalue weighted by molar-refractivity contribution is 0.300. The summed E-state index contributed by atoms with van der Waals surface area (Å²) in [5.74, 6) is -0.150. The van der Waals surface area contributed by atoms with Gasteiger partial charge in [0.15, 0.2) is 0 Å². The van der Waals surface area contributed by atoms with Gasteiger partial charge in [-0.3, -0.25) is 9.97 Å². The van der Waals surface area contributed by atoms with E-state index in [-0.39, 0.29) is 5.83 Å². The molecular weight excluding hydrogens is 365 g/mol. The number of halogens is 1. The van der Waals surface area contributed by atoms with E-state index >= 15 is 0 Å². The van der Waals surface area contributed by atoms with Crippen molar-refractivity contribution >= 4 is 11.0 Å². The van der Waals surface area contributed by atoms with Crippen LogP contribution in [-0.2, 0) is 6.54 Å². The maximum Gasteiger partial charge on any atom is 0.124 e. The number of benzene rings is 1. The minimum Gasteiger partial charge on any atom is -0.380 e. The summed E-state index contributed by atoms with van der Waals surface area (Å²) in [7, 11) is 0. The zero-order valence-electron chi connectivity index (χ0n) is 17.5. The molecule has 0 bridgehead atoms. The van der Waals surface area contributed by atoms with Crippen molar-refractivity contribution < 1.29 is 4.39 Å². The minimum atomic E-state index is -0.150. The maximum atomic E-state index is 14.7. The van der Waals surface area contributed by atoms with E-state index in [1.807, 2.05) is 45.0 Å². The number of allylic oxidation sites excluding steroid dienone is 4. The van der Waals surface area contributed by atoms with Crippen LogP contribution in [0.4, 0.5) is 4.39 Å². The van der Waals surface area contributed by atoms with Gasteiger partial charge in [0.2, 0.25) is 0 Å². The Hall–Kier alpha value is -2.73. The normalized spacial score (nSPS) is 16.8. The molecule has 1 aromatic carbocycles. The lowest BCUT2D eigenvalue weighted by Crippen LogP contribution is -2.44. The molecular formula is C23H30FN5. The second kappa shape index (κ2) is 10.2. The SMILES string of the molecule is C\C=C(NCc1ccc2nccnc2c1)/C(=C\C(F)=C(/C)CC)N1CCNCC1. The van der Waals surface area contributed by atoms with Crippen LogP contribution in [0.2, 0.25) is 0 Å². The molecule has 0 radical (unpaired) electrons. The molecule has 29 heavy (non-hydrogen) atoms. The smallest absolute Gasteiger partial charge is 0.124 e. The Bertz CT molecular complexity index is 926. The summed E-state index contributed by atoms with van der Waals surface area (Å²) in [4.78, 5) is 10.9. The number of aromatic nitrogens is 2. The summed E-state index contributed by atoms with van der Waals surface area (Å²) >= 11 is 0. The minimum absolute atomic E-state index is 0.150. The molecule has 2 N–H and O–H groups in total. The molecule has 5 nitrogen and oxygen atoms in total. The molecule has 0 saturated carbocycles. The van der Waals surface area contributed by atoms with Crippen LogP contribution in [-0.4, -0.2) is 41.0 Å². The average Bonchev–Trinajstić information content (AvgIpc) is 2.78. The lowest BCUT2D eigenvalue weighted by Gasteiger charge is -2.33. The van der Waals surface area contributed by atoms with Gasteiger partial charge in [-0.2, -0.15) is 0 Å². The van der Waals surface area contributed by atoms with Crippen LogP contribution in [0.3, 0.4) is 0 Å². The van der Waals surface area contributed by atoms with Crippen molar-refractivity contribution in [3.63, 3.8) is 0 Å². The summed E-state index contributed by atoms with van der Waals surface area (Å²) in [6, 6.07) is 6.07. The van der Waals surface area contributed by atoms with Crippen LogP contribution in [0.5, 0.6) is 0 Å². The Labute approximate surface area is 172 Å². The first-order chi connectivity index (χ1) is 14.1. The summed E-state index contributed by atoms with van der Waals surface area (Å²) < 4.78 is 14.7. The number of piperazine rings is 1. The highest BCUT2D eigenvalue weighted by Crippen LogP contribution is 2.21. The van der Waals surface area contributed by atoms with E-state index in [4.69, 9.17) is 0 Å². The fourth-order valence-electron chi connectivity index (χ4n) is 3.31. The molecule has 1 aromatic heterocycles. The highest BCUT2D eigenvalue weighted by Gasteiger charge is 2.17. The van der Waals surface area contributed by atoms with Gasteiger partial charge in [-0.1, -0.05) is 19.1 Å². The van der Waals surface area contributed by atoms with Gasteiger partial charge in [0, 0.05) is 45.1 Å². The monoisotopic (exact) mass is 395 g/mol. The molecule has 1 aliphatic heterocycles. The number of hydrogen-bond acceptors (Lipinski definition) is 5. The molecule has 3 rings (SSSR count). The zero-order valence-corrected chi connectivity index (χ0v) is 17.5. The van der Waals surface area contributed by atoms with E-state index in [0.29, 0.717) is 13.0 Å². The average molecular weight is 396 g/mol. The van der Waals surface area contributed by atoms with E-state index in [2.05, 4.69) is 25.5 Å². The molecule has 6 heteroatoms. The van der Waals surface area contributed by atoms with Crippen LogP contribution in [0, 0.1) is 0 Å².